The molecule has 0 spiro atoms. The van der Waals surface area contributed by atoms with E-state index in [-0.39, 0.29) is 23.0 Å². The van der Waals surface area contributed by atoms with E-state index in [2.05, 4.69) is 9.82 Å². The number of benzene rings is 1. The Labute approximate surface area is 129 Å². The van der Waals surface area contributed by atoms with Crippen LogP contribution >= 0.6 is 11.6 Å². The largest absolute Gasteiger partial charge is 0.326 e. The molecule has 0 atom stereocenters. The lowest BCUT2D eigenvalue weighted by Crippen LogP contribution is -2.26. The van der Waals surface area contributed by atoms with Gasteiger partial charge in [0.05, 0.1) is 10.7 Å². The van der Waals surface area contributed by atoms with Crippen LogP contribution in [-0.4, -0.2) is 24.7 Å². The molecule has 114 valence electrons. The van der Waals surface area contributed by atoms with Crippen LogP contribution in [0.25, 0.3) is 0 Å². The van der Waals surface area contributed by atoms with Gasteiger partial charge in [-0.25, -0.2) is 13.1 Å². The summed E-state index contributed by atoms with van der Waals surface area (Å²) in [7, 11) is -1.85. The van der Waals surface area contributed by atoms with Gasteiger partial charge in [0.2, 0.25) is 10.0 Å². The van der Waals surface area contributed by atoms with E-state index in [1.54, 1.807) is 10.7 Å². The third-order valence-electron chi connectivity index (χ3n) is 2.96. The molecule has 0 radical (unpaired) electrons. The van der Waals surface area contributed by atoms with Gasteiger partial charge in [-0.3, -0.25) is 4.68 Å². The average Bonchev–Trinajstić information content (AvgIpc) is 2.84. The van der Waals surface area contributed by atoms with Gasteiger partial charge in [-0.2, -0.15) is 5.10 Å². The molecule has 0 fully saturated rings. The summed E-state index contributed by atoms with van der Waals surface area (Å²) in [4.78, 5) is 0.0492. The van der Waals surface area contributed by atoms with Crippen molar-refractivity contribution in [2.45, 2.75) is 17.9 Å². The fraction of sp³-hybridized carbons (Fsp3) is 0.308. The van der Waals surface area contributed by atoms with Gasteiger partial charge in [0.25, 0.3) is 0 Å². The van der Waals surface area contributed by atoms with E-state index < -0.39 is 10.0 Å². The highest BCUT2D eigenvalue weighted by Crippen LogP contribution is 2.22. The van der Waals surface area contributed by atoms with E-state index in [1.807, 2.05) is 19.3 Å². The highest BCUT2D eigenvalue weighted by Gasteiger charge is 2.18. The van der Waals surface area contributed by atoms with Gasteiger partial charge in [-0.05, 0) is 23.8 Å². The van der Waals surface area contributed by atoms with E-state index >= 15 is 0 Å². The Bertz CT molecular complexity index is 728. The minimum atomic E-state index is -3.66. The molecule has 1 heterocycles. The maximum absolute atomic E-state index is 12.3. The van der Waals surface area contributed by atoms with E-state index in [4.69, 9.17) is 17.3 Å². The lowest BCUT2D eigenvalue weighted by molar-refractivity contribution is 0.581. The number of hydrogen-bond donors (Lipinski definition) is 2. The molecule has 0 aliphatic carbocycles. The van der Waals surface area contributed by atoms with E-state index in [0.29, 0.717) is 12.0 Å². The molecule has 0 unspecified atom stereocenters. The summed E-state index contributed by atoms with van der Waals surface area (Å²) < 4.78 is 28.7. The van der Waals surface area contributed by atoms with E-state index in [0.717, 1.165) is 5.69 Å². The molecule has 0 saturated carbocycles. The zero-order chi connectivity index (χ0) is 15.5. The Morgan fingerprint density at radius 1 is 1.38 bits per heavy atom. The van der Waals surface area contributed by atoms with Crippen LogP contribution < -0.4 is 10.5 Å². The molecular weight excluding hydrogens is 312 g/mol. The third-order valence-corrected chi connectivity index (χ3v) is 4.91. The zero-order valence-electron chi connectivity index (χ0n) is 11.6. The number of halogens is 1. The van der Waals surface area contributed by atoms with Crippen molar-refractivity contribution in [2.24, 2.45) is 12.8 Å². The summed E-state index contributed by atoms with van der Waals surface area (Å²) in [6.07, 6.45) is 2.32. The van der Waals surface area contributed by atoms with Crippen LogP contribution in [0.15, 0.2) is 35.4 Å². The molecule has 0 aliphatic heterocycles. The Kier molecular flexibility index (Phi) is 5.00. The van der Waals surface area contributed by atoms with Gasteiger partial charge in [-0.15, -0.1) is 0 Å². The van der Waals surface area contributed by atoms with Gasteiger partial charge in [0.15, 0.2) is 0 Å². The van der Waals surface area contributed by atoms with Crippen molar-refractivity contribution in [1.82, 2.24) is 14.5 Å². The molecule has 2 rings (SSSR count). The Hall–Kier alpha value is -1.41. The Morgan fingerprint density at radius 2 is 2.14 bits per heavy atom. The van der Waals surface area contributed by atoms with Crippen molar-refractivity contribution in [1.29, 1.82) is 0 Å². The first-order valence-corrected chi connectivity index (χ1v) is 8.25. The molecule has 3 N–H and O–H groups in total. The molecule has 0 saturated heterocycles. The second-order valence-corrected chi connectivity index (χ2v) is 6.74. The van der Waals surface area contributed by atoms with Crippen LogP contribution in [0, 0.1) is 0 Å². The molecule has 21 heavy (non-hydrogen) atoms. The number of nitrogens with one attached hydrogen (secondary N) is 1. The maximum Gasteiger partial charge on any atom is 0.242 e. The minimum Gasteiger partial charge on any atom is -0.326 e. The van der Waals surface area contributed by atoms with Crippen LogP contribution in [0.3, 0.4) is 0 Å². The lowest BCUT2D eigenvalue weighted by Gasteiger charge is -2.09. The van der Waals surface area contributed by atoms with Gasteiger partial charge in [-0.1, -0.05) is 17.7 Å². The zero-order valence-corrected chi connectivity index (χ0v) is 13.2. The fourth-order valence-electron chi connectivity index (χ4n) is 1.87. The molecule has 6 nitrogen and oxygen atoms in total. The SMILES string of the molecule is Cn1ccc(CCNS(=O)(=O)c2cc(CN)ccc2Cl)n1. The number of sulfonamides is 1. The predicted molar refractivity (Wildman–Crippen MR) is 81.4 cm³/mol. The normalized spacial score (nSPS) is 11.8. The molecule has 0 amide bonds. The predicted octanol–water partition coefficient (Wildman–Crippen LogP) is 1.05. The topological polar surface area (TPSA) is 90.0 Å². The molecule has 2 aromatic rings. The summed E-state index contributed by atoms with van der Waals surface area (Å²) in [5, 5.41) is 4.37. The summed E-state index contributed by atoms with van der Waals surface area (Å²) in [6.45, 7) is 0.510. The molecule has 1 aromatic heterocycles. The van der Waals surface area contributed by atoms with Crippen molar-refractivity contribution in [3.63, 3.8) is 0 Å². The highest BCUT2D eigenvalue weighted by atomic mass is 35.5. The van der Waals surface area contributed by atoms with Crippen molar-refractivity contribution in [3.05, 3.63) is 46.7 Å². The van der Waals surface area contributed by atoms with Crippen LogP contribution in [0.2, 0.25) is 5.02 Å². The first-order valence-electron chi connectivity index (χ1n) is 6.39. The maximum atomic E-state index is 12.3. The van der Waals surface area contributed by atoms with Crippen LogP contribution in [0.1, 0.15) is 11.3 Å². The summed E-state index contributed by atoms with van der Waals surface area (Å²) >= 11 is 5.96. The van der Waals surface area contributed by atoms with Gasteiger partial charge in [0, 0.05) is 32.8 Å². The van der Waals surface area contributed by atoms with Crippen molar-refractivity contribution < 1.29 is 8.42 Å². The second-order valence-electron chi connectivity index (χ2n) is 4.60. The number of nitrogens with zero attached hydrogens (tertiary/aromatic N) is 2. The van der Waals surface area contributed by atoms with Gasteiger partial charge >= 0.3 is 0 Å². The van der Waals surface area contributed by atoms with E-state index in [1.165, 1.54) is 12.1 Å². The number of aryl methyl sites for hydroxylation is 1. The standard InChI is InChI=1S/C13H17ClN4O2S/c1-18-7-5-11(17-18)4-6-16-21(19,20)13-8-10(9-15)2-3-12(13)14/h2-3,5,7-8,16H,4,6,9,15H2,1H3. The van der Waals surface area contributed by atoms with Crippen molar-refractivity contribution in [3.8, 4) is 0 Å². The molecule has 1 aromatic carbocycles. The van der Waals surface area contributed by atoms with Crippen molar-refractivity contribution in [2.75, 3.05) is 6.54 Å². The lowest BCUT2D eigenvalue weighted by atomic mass is 10.2. The van der Waals surface area contributed by atoms with Crippen LogP contribution in [0.5, 0.6) is 0 Å². The fourth-order valence-corrected chi connectivity index (χ4v) is 3.45. The monoisotopic (exact) mass is 328 g/mol. The molecule has 0 aliphatic rings. The van der Waals surface area contributed by atoms with Gasteiger partial charge in [0.1, 0.15) is 4.90 Å². The Morgan fingerprint density at radius 3 is 2.76 bits per heavy atom. The Balaban J connectivity index is 2.07. The molecule has 8 heteroatoms. The summed E-state index contributed by atoms with van der Waals surface area (Å²) in [6, 6.07) is 6.58. The first-order chi connectivity index (χ1) is 9.92. The molecular formula is C13H17ClN4O2S. The summed E-state index contributed by atoms with van der Waals surface area (Å²) in [5.74, 6) is 0. The number of nitrogens with two attached hydrogens (primary N) is 1. The molecule has 0 bridgehead atoms. The number of aromatic nitrogens is 2. The first kappa shape index (κ1) is 16.0. The number of rotatable bonds is 6. The average molecular weight is 329 g/mol. The number of hydrogen-bond acceptors (Lipinski definition) is 4. The van der Waals surface area contributed by atoms with Crippen molar-refractivity contribution >= 4 is 21.6 Å². The van der Waals surface area contributed by atoms with E-state index in [9.17, 15) is 8.42 Å². The quantitative estimate of drug-likeness (QED) is 0.829. The second kappa shape index (κ2) is 6.57. The van der Waals surface area contributed by atoms with Gasteiger partial charge < -0.3 is 5.73 Å². The summed E-state index contributed by atoms with van der Waals surface area (Å²) in [5.41, 5.74) is 7.06. The highest BCUT2D eigenvalue weighted by molar-refractivity contribution is 7.89. The minimum absolute atomic E-state index is 0.0492. The smallest absolute Gasteiger partial charge is 0.242 e. The van der Waals surface area contributed by atoms with Crippen LogP contribution in [0.4, 0.5) is 0 Å². The third kappa shape index (κ3) is 4.04. The van der Waals surface area contributed by atoms with Crippen LogP contribution in [-0.2, 0) is 30.0 Å².